The molecule has 0 saturated carbocycles. The number of hydrogen-bond acceptors (Lipinski definition) is 8. The summed E-state index contributed by atoms with van der Waals surface area (Å²) in [6.07, 6.45) is 0.265. The fourth-order valence-corrected chi connectivity index (χ4v) is 3.99. The number of nitrogens with zero attached hydrogens (tertiary/aromatic N) is 4. The van der Waals surface area contributed by atoms with Crippen LogP contribution in [-0.4, -0.2) is 31.7 Å². The SMILES string of the molecule is Cc1ccc(-[n+]2[nH]oc(=O)c2C(=O)CSc2nnc(Cc3ccc(Br)cc3)c(=O)n2N)cc1. The highest BCUT2D eigenvalue weighted by Gasteiger charge is 2.30. The molecular formula is C21H18BrN6O4S+. The topological polar surface area (TPSA) is 141 Å². The molecule has 0 bridgehead atoms. The van der Waals surface area contributed by atoms with Crippen molar-refractivity contribution in [2.24, 2.45) is 0 Å². The molecule has 0 amide bonds. The summed E-state index contributed by atoms with van der Waals surface area (Å²) in [5.74, 6) is 5.17. The van der Waals surface area contributed by atoms with Crippen molar-refractivity contribution in [3.63, 3.8) is 0 Å². The van der Waals surface area contributed by atoms with Crippen LogP contribution in [0.25, 0.3) is 5.69 Å². The molecule has 0 spiro atoms. The van der Waals surface area contributed by atoms with E-state index in [-0.39, 0.29) is 28.7 Å². The third-order valence-corrected chi connectivity index (χ3v) is 6.22. The highest BCUT2D eigenvalue weighted by molar-refractivity contribution is 9.10. The number of thioether (sulfide) groups is 1. The van der Waals surface area contributed by atoms with Gasteiger partial charge >= 0.3 is 11.3 Å². The first-order chi connectivity index (χ1) is 15.8. The van der Waals surface area contributed by atoms with Gasteiger partial charge in [-0.3, -0.25) is 14.1 Å². The van der Waals surface area contributed by atoms with Crippen LogP contribution in [0.4, 0.5) is 0 Å². The number of aromatic amines is 1. The van der Waals surface area contributed by atoms with Crippen molar-refractivity contribution in [3.05, 3.63) is 96.3 Å². The second-order valence-corrected chi connectivity index (χ2v) is 8.98. The van der Waals surface area contributed by atoms with E-state index in [2.05, 4.69) is 31.4 Å². The zero-order chi connectivity index (χ0) is 23.5. The number of rotatable bonds is 7. The lowest BCUT2D eigenvalue weighted by atomic mass is 10.1. The predicted octanol–water partition coefficient (Wildman–Crippen LogP) is 1.55. The molecule has 0 saturated heterocycles. The average Bonchev–Trinajstić information content (AvgIpc) is 3.19. The Morgan fingerprint density at radius 1 is 1.15 bits per heavy atom. The van der Waals surface area contributed by atoms with Crippen LogP contribution in [0.1, 0.15) is 27.3 Å². The van der Waals surface area contributed by atoms with Crippen LogP contribution >= 0.6 is 27.7 Å². The summed E-state index contributed by atoms with van der Waals surface area (Å²) in [4.78, 5) is 37.5. The molecule has 0 radical (unpaired) electrons. The Hall–Kier alpha value is -3.51. The van der Waals surface area contributed by atoms with Gasteiger partial charge in [0.1, 0.15) is 5.69 Å². The number of aromatic nitrogens is 5. The van der Waals surface area contributed by atoms with Crippen LogP contribution in [0.5, 0.6) is 0 Å². The van der Waals surface area contributed by atoms with E-state index in [1.165, 1.54) is 4.68 Å². The van der Waals surface area contributed by atoms with Crippen LogP contribution in [0.3, 0.4) is 0 Å². The van der Waals surface area contributed by atoms with Gasteiger partial charge in [0, 0.05) is 23.0 Å². The number of ketones is 1. The third-order valence-electron chi connectivity index (χ3n) is 4.75. The van der Waals surface area contributed by atoms with Crippen molar-refractivity contribution in [3.8, 4) is 5.69 Å². The summed E-state index contributed by atoms with van der Waals surface area (Å²) >= 11 is 4.26. The van der Waals surface area contributed by atoms with Crippen molar-refractivity contribution < 1.29 is 14.0 Å². The number of benzene rings is 2. The minimum absolute atomic E-state index is 0.0507. The Labute approximate surface area is 199 Å². The lowest BCUT2D eigenvalue weighted by Gasteiger charge is -2.07. The van der Waals surface area contributed by atoms with E-state index in [1.54, 1.807) is 12.1 Å². The third kappa shape index (κ3) is 4.96. The largest absolute Gasteiger partial charge is 0.438 e. The fraction of sp³-hybridized carbons (Fsp3) is 0.143. The van der Waals surface area contributed by atoms with Crippen molar-refractivity contribution >= 4 is 33.5 Å². The average molecular weight is 530 g/mol. The summed E-state index contributed by atoms with van der Waals surface area (Å²) in [7, 11) is 0. The maximum Gasteiger partial charge on any atom is 0.438 e. The first kappa shape index (κ1) is 22.7. The summed E-state index contributed by atoms with van der Waals surface area (Å²) in [5.41, 5.74) is 1.14. The summed E-state index contributed by atoms with van der Waals surface area (Å²) in [5, 5.41) is 10.5. The lowest BCUT2D eigenvalue weighted by Crippen LogP contribution is -2.41. The Morgan fingerprint density at radius 3 is 2.55 bits per heavy atom. The van der Waals surface area contributed by atoms with E-state index >= 15 is 0 Å². The molecule has 2 aromatic carbocycles. The molecule has 12 heteroatoms. The Kier molecular flexibility index (Phi) is 6.56. The number of nitrogens with one attached hydrogen (secondary N) is 1. The van der Waals surface area contributed by atoms with Gasteiger partial charge in [0.2, 0.25) is 16.6 Å². The van der Waals surface area contributed by atoms with E-state index in [0.29, 0.717) is 5.69 Å². The Balaban J connectivity index is 1.51. The van der Waals surface area contributed by atoms with E-state index in [9.17, 15) is 14.4 Å². The monoisotopic (exact) mass is 529 g/mol. The molecule has 168 valence electrons. The van der Waals surface area contributed by atoms with Crippen molar-refractivity contribution in [2.45, 2.75) is 18.5 Å². The molecule has 33 heavy (non-hydrogen) atoms. The van der Waals surface area contributed by atoms with Crippen LogP contribution in [0, 0.1) is 6.92 Å². The zero-order valence-electron chi connectivity index (χ0n) is 17.3. The van der Waals surface area contributed by atoms with Crippen molar-refractivity contribution in [1.82, 2.24) is 20.1 Å². The smallest absolute Gasteiger partial charge is 0.334 e. The summed E-state index contributed by atoms with van der Waals surface area (Å²) in [6.45, 7) is 1.92. The number of carbonyl (C=O) groups excluding carboxylic acids is 1. The summed E-state index contributed by atoms with van der Waals surface area (Å²) < 4.78 is 7.86. The second-order valence-electron chi connectivity index (χ2n) is 7.12. The lowest BCUT2D eigenvalue weighted by molar-refractivity contribution is -0.672. The fourth-order valence-electron chi connectivity index (χ4n) is 3.01. The van der Waals surface area contributed by atoms with Crippen LogP contribution in [-0.2, 0) is 6.42 Å². The molecule has 0 unspecified atom stereocenters. The van der Waals surface area contributed by atoms with Gasteiger partial charge in [-0.15, -0.1) is 10.2 Å². The zero-order valence-corrected chi connectivity index (χ0v) is 19.7. The molecule has 2 aromatic heterocycles. The van der Waals surface area contributed by atoms with E-state index < -0.39 is 17.0 Å². The molecule has 3 N–H and O–H groups in total. The van der Waals surface area contributed by atoms with E-state index in [1.807, 2.05) is 43.3 Å². The molecule has 4 aromatic rings. The second kappa shape index (κ2) is 9.55. The number of aryl methyl sites for hydroxylation is 1. The number of carbonyl (C=O) groups is 1. The first-order valence-corrected chi connectivity index (χ1v) is 11.5. The van der Waals surface area contributed by atoms with Gasteiger partial charge < -0.3 is 5.84 Å². The van der Waals surface area contributed by atoms with Crippen molar-refractivity contribution in [2.75, 3.05) is 11.6 Å². The number of Topliss-reactive ketones (excluding diaryl/α,β-unsaturated/α-hetero) is 1. The number of H-pyrrole nitrogens is 1. The molecule has 0 aliphatic carbocycles. The normalized spacial score (nSPS) is 11.0. The standard InChI is InChI=1S/C21H17BrN6O4S/c1-12-2-8-15(9-3-12)28-18(20(31)32-26-28)17(29)11-33-21-25-24-16(19(30)27(21)23)10-13-4-6-14(22)7-5-13/h2-9H,10-11,23H2,1H3/p+1. The van der Waals surface area contributed by atoms with Gasteiger partial charge in [0.15, 0.2) is 0 Å². The van der Waals surface area contributed by atoms with Crippen LogP contribution in [0.2, 0.25) is 0 Å². The molecule has 0 fully saturated rings. The van der Waals surface area contributed by atoms with E-state index in [0.717, 1.165) is 32.0 Å². The van der Waals surface area contributed by atoms with Gasteiger partial charge in [-0.25, -0.2) is 4.79 Å². The predicted molar refractivity (Wildman–Crippen MR) is 124 cm³/mol. The molecule has 10 nitrogen and oxygen atoms in total. The maximum absolute atomic E-state index is 12.8. The van der Waals surface area contributed by atoms with Gasteiger partial charge in [0.05, 0.1) is 5.75 Å². The Bertz CT molecular complexity index is 1430. The maximum atomic E-state index is 12.8. The highest BCUT2D eigenvalue weighted by Crippen LogP contribution is 2.15. The highest BCUT2D eigenvalue weighted by atomic mass is 79.9. The van der Waals surface area contributed by atoms with Gasteiger partial charge in [-0.1, -0.05) is 57.5 Å². The van der Waals surface area contributed by atoms with Crippen molar-refractivity contribution in [1.29, 1.82) is 0 Å². The molecule has 4 rings (SSSR count). The molecule has 0 aliphatic heterocycles. The van der Waals surface area contributed by atoms with Gasteiger partial charge in [-0.05, 0) is 34.6 Å². The quantitative estimate of drug-likeness (QED) is 0.159. The van der Waals surface area contributed by atoms with E-state index in [4.69, 9.17) is 10.4 Å². The molecule has 2 heterocycles. The molecule has 0 aliphatic rings. The Morgan fingerprint density at radius 2 is 1.85 bits per heavy atom. The minimum Gasteiger partial charge on any atom is -0.334 e. The minimum atomic E-state index is -0.803. The molecule has 0 atom stereocenters. The number of nitrogen functional groups attached to an aromatic ring is 1. The number of nitrogens with two attached hydrogens (primary N) is 1. The number of hydrogen-bond donors (Lipinski definition) is 2. The molecular weight excluding hydrogens is 512 g/mol. The first-order valence-electron chi connectivity index (χ1n) is 9.68. The van der Waals surface area contributed by atoms with Gasteiger partial charge in [0.25, 0.3) is 5.56 Å². The van der Waals surface area contributed by atoms with Crippen LogP contribution in [0.15, 0.2) is 72.3 Å². The van der Waals surface area contributed by atoms with Crippen LogP contribution < -0.4 is 21.7 Å². The summed E-state index contributed by atoms with van der Waals surface area (Å²) in [6, 6.07) is 14.6. The number of halogens is 1. The van der Waals surface area contributed by atoms with Gasteiger partial charge in [-0.2, -0.15) is 4.68 Å².